The molecule has 2 aliphatic rings. The summed E-state index contributed by atoms with van der Waals surface area (Å²) in [7, 11) is -1.25. The maximum absolute atomic E-state index is 13.5. The Morgan fingerprint density at radius 2 is 2.00 bits per heavy atom. The largest absolute Gasteiger partial charge is 0.495 e. The molecule has 1 aromatic heterocycles. The summed E-state index contributed by atoms with van der Waals surface area (Å²) in [5, 5.41) is 4.31. The van der Waals surface area contributed by atoms with Crippen LogP contribution in [0, 0.1) is 0 Å². The van der Waals surface area contributed by atoms with Gasteiger partial charge in [-0.3, -0.25) is 4.68 Å². The van der Waals surface area contributed by atoms with Gasteiger partial charge >= 0.3 is 0 Å². The number of aromatic nitrogens is 2. The second-order valence-corrected chi connectivity index (χ2v) is 9.68. The van der Waals surface area contributed by atoms with Gasteiger partial charge in [0.1, 0.15) is 23.4 Å². The van der Waals surface area contributed by atoms with Gasteiger partial charge in [-0.15, -0.1) is 5.48 Å². The van der Waals surface area contributed by atoms with Crippen LogP contribution in [0.25, 0.3) is 0 Å². The molecule has 1 unspecified atom stereocenters. The van der Waals surface area contributed by atoms with E-state index in [0.717, 1.165) is 30.4 Å². The van der Waals surface area contributed by atoms with Gasteiger partial charge in [-0.25, -0.2) is 8.42 Å². The minimum atomic E-state index is -4.07. The summed E-state index contributed by atoms with van der Waals surface area (Å²) in [4.78, 5) is 5.64. The van der Waals surface area contributed by atoms with E-state index in [1.165, 1.54) is 14.2 Å². The number of hydrogen-bond acceptors (Lipinski definition) is 8. The lowest BCUT2D eigenvalue weighted by atomic mass is 9.96. The smallest absolute Gasteiger partial charge is 0.249 e. The molecule has 0 saturated carbocycles. The predicted molar refractivity (Wildman–Crippen MR) is 123 cm³/mol. The molecule has 2 N–H and O–H groups in total. The predicted octanol–water partition coefficient (Wildman–Crippen LogP) is 2.54. The Labute approximate surface area is 197 Å². The molecule has 10 nitrogen and oxygen atoms in total. The molecule has 0 aliphatic carbocycles. The third kappa shape index (κ3) is 4.06. The second-order valence-electron chi connectivity index (χ2n) is 8.03. The summed E-state index contributed by atoms with van der Waals surface area (Å²) in [6.45, 7) is 1.11. The fourth-order valence-electron chi connectivity index (χ4n) is 4.39. The molecular formula is C23H26N4O6S. The zero-order valence-electron chi connectivity index (χ0n) is 18.9. The van der Waals surface area contributed by atoms with Crippen LogP contribution in [0.5, 0.6) is 23.0 Å². The van der Waals surface area contributed by atoms with Gasteiger partial charge < -0.3 is 19.0 Å². The Hall–Kier alpha value is -3.28. The third-order valence-electron chi connectivity index (χ3n) is 5.94. The highest BCUT2D eigenvalue weighted by Gasteiger charge is 2.37. The average molecular weight is 487 g/mol. The summed E-state index contributed by atoms with van der Waals surface area (Å²) in [6, 6.07) is 8.60. The topological polar surface area (TPSA) is 113 Å². The minimum absolute atomic E-state index is 0.0856. The molecule has 0 amide bonds. The summed E-state index contributed by atoms with van der Waals surface area (Å²) in [5.41, 5.74) is 5.49. The molecule has 0 radical (unpaired) electrons. The van der Waals surface area contributed by atoms with Gasteiger partial charge in [0.25, 0.3) is 0 Å². The van der Waals surface area contributed by atoms with Crippen molar-refractivity contribution < 1.29 is 27.5 Å². The number of benzene rings is 2. The fourth-order valence-corrected chi connectivity index (χ4v) is 5.81. The molecule has 3 aromatic rings. The van der Waals surface area contributed by atoms with Gasteiger partial charge in [-0.05, 0) is 54.7 Å². The van der Waals surface area contributed by atoms with Crippen LogP contribution < -0.4 is 29.3 Å². The van der Waals surface area contributed by atoms with E-state index in [1.54, 1.807) is 24.4 Å². The molecule has 0 saturated heterocycles. The Bertz CT molecular complexity index is 1270. The first-order chi connectivity index (χ1) is 16.5. The van der Waals surface area contributed by atoms with Crippen molar-refractivity contribution in [3.63, 3.8) is 0 Å². The number of rotatable bonds is 7. The van der Waals surface area contributed by atoms with E-state index in [2.05, 4.69) is 15.3 Å². The minimum Gasteiger partial charge on any atom is -0.495 e. The molecule has 3 heterocycles. The molecule has 1 atom stereocenters. The molecule has 2 aliphatic heterocycles. The van der Waals surface area contributed by atoms with Crippen molar-refractivity contribution in [2.45, 2.75) is 36.9 Å². The van der Waals surface area contributed by atoms with Gasteiger partial charge in [0.05, 0.1) is 32.9 Å². The van der Waals surface area contributed by atoms with Gasteiger partial charge in [0.2, 0.25) is 10.0 Å². The quantitative estimate of drug-likeness (QED) is 0.524. The molecule has 34 heavy (non-hydrogen) atoms. The molecule has 0 fully saturated rings. The summed E-state index contributed by atoms with van der Waals surface area (Å²) in [6.07, 6.45) is 5.47. The van der Waals surface area contributed by atoms with Crippen molar-refractivity contribution >= 4 is 10.0 Å². The highest BCUT2D eigenvalue weighted by atomic mass is 32.2. The first kappa shape index (κ1) is 22.5. The van der Waals surface area contributed by atoms with Crippen LogP contribution in [0.3, 0.4) is 0 Å². The number of ether oxygens (including phenoxy) is 3. The maximum Gasteiger partial charge on any atom is 0.249 e. The van der Waals surface area contributed by atoms with Crippen LogP contribution in [-0.4, -0.2) is 39.0 Å². The van der Waals surface area contributed by atoms with E-state index in [0.29, 0.717) is 30.2 Å². The number of sulfonamides is 1. The van der Waals surface area contributed by atoms with Crippen molar-refractivity contribution in [1.82, 2.24) is 20.0 Å². The Balaban J connectivity index is 1.55. The average Bonchev–Trinajstić information content (AvgIpc) is 3.41. The summed E-state index contributed by atoms with van der Waals surface area (Å²) >= 11 is 0. The SMILES string of the molecule is COc1cccc(OC)c1S(=O)(=O)NC1NOc2cc(Cn3cccn3)c3c(c21)OCCCC3. The highest BCUT2D eigenvalue weighted by Crippen LogP contribution is 2.44. The number of hydroxylamine groups is 1. The number of hydrogen-bond donors (Lipinski definition) is 2. The van der Waals surface area contributed by atoms with Crippen LogP contribution in [0.4, 0.5) is 0 Å². The fraction of sp³-hybridized carbons (Fsp3) is 0.348. The van der Waals surface area contributed by atoms with Crippen molar-refractivity contribution in [2.75, 3.05) is 20.8 Å². The first-order valence-electron chi connectivity index (χ1n) is 11.0. The zero-order valence-corrected chi connectivity index (χ0v) is 19.7. The Morgan fingerprint density at radius 3 is 2.71 bits per heavy atom. The normalized spacial score (nSPS) is 17.2. The van der Waals surface area contributed by atoms with Crippen LogP contribution >= 0.6 is 0 Å². The lowest BCUT2D eigenvalue weighted by molar-refractivity contribution is 0.188. The second kappa shape index (κ2) is 9.16. The molecule has 180 valence electrons. The van der Waals surface area contributed by atoms with Gasteiger partial charge in [0.15, 0.2) is 10.6 Å². The van der Waals surface area contributed by atoms with Gasteiger partial charge in [0, 0.05) is 12.4 Å². The maximum atomic E-state index is 13.5. The number of nitrogens with zero attached hydrogens (tertiary/aromatic N) is 2. The Morgan fingerprint density at radius 1 is 1.21 bits per heavy atom. The van der Waals surface area contributed by atoms with E-state index in [9.17, 15) is 8.42 Å². The standard InChI is InChI=1S/C23H26N4O6S/c1-30-17-8-5-9-18(31-2)22(17)34(28,29)26-23-20-19(33-25-23)13-15(14-27-11-6-10-24-27)16-7-3-4-12-32-21(16)20/h5-6,8-11,13,23,25-26H,3-4,7,12,14H2,1-2H3. The molecular weight excluding hydrogens is 460 g/mol. The van der Waals surface area contributed by atoms with E-state index < -0.39 is 16.2 Å². The van der Waals surface area contributed by atoms with Crippen molar-refractivity contribution in [1.29, 1.82) is 0 Å². The van der Waals surface area contributed by atoms with Crippen LogP contribution in [0.15, 0.2) is 47.6 Å². The van der Waals surface area contributed by atoms with Gasteiger partial charge in [-0.2, -0.15) is 9.82 Å². The number of fused-ring (bicyclic) bond motifs is 3. The zero-order chi connectivity index (χ0) is 23.7. The number of nitrogens with one attached hydrogen (secondary N) is 2. The highest BCUT2D eigenvalue weighted by molar-refractivity contribution is 7.89. The molecule has 11 heteroatoms. The first-order valence-corrected chi connectivity index (χ1v) is 12.4. The monoisotopic (exact) mass is 486 g/mol. The van der Waals surface area contributed by atoms with Crippen LogP contribution in [0.1, 0.15) is 35.7 Å². The molecule has 0 spiro atoms. The lowest BCUT2D eigenvalue weighted by Gasteiger charge is -2.20. The summed E-state index contributed by atoms with van der Waals surface area (Å²) < 4.78 is 48.2. The van der Waals surface area contributed by atoms with Crippen LogP contribution in [0.2, 0.25) is 0 Å². The lowest BCUT2D eigenvalue weighted by Crippen LogP contribution is -2.36. The van der Waals surface area contributed by atoms with E-state index in [4.69, 9.17) is 19.0 Å². The van der Waals surface area contributed by atoms with Gasteiger partial charge in [-0.1, -0.05) is 6.07 Å². The van der Waals surface area contributed by atoms with E-state index >= 15 is 0 Å². The van der Waals surface area contributed by atoms with Crippen molar-refractivity contribution in [2.24, 2.45) is 0 Å². The molecule has 2 aromatic carbocycles. The number of methoxy groups -OCH3 is 2. The van der Waals surface area contributed by atoms with E-state index in [-0.39, 0.29) is 16.4 Å². The van der Waals surface area contributed by atoms with Crippen molar-refractivity contribution in [3.8, 4) is 23.0 Å². The molecule has 0 bridgehead atoms. The molecule has 5 rings (SSSR count). The van der Waals surface area contributed by atoms with Crippen LogP contribution in [-0.2, 0) is 23.0 Å². The Kier molecular flexibility index (Phi) is 6.07. The van der Waals surface area contributed by atoms with E-state index in [1.807, 2.05) is 23.0 Å². The van der Waals surface area contributed by atoms with Crippen molar-refractivity contribution in [3.05, 3.63) is 59.4 Å². The third-order valence-corrected chi connectivity index (χ3v) is 7.42. The summed E-state index contributed by atoms with van der Waals surface area (Å²) in [5.74, 6) is 1.52.